The first kappa shape index (κ1) is 21.9. The Hall–Kier alpha value is -2.38. The van der Waals surface area contributed by atoms with Crippen LogP contribution in [0.15, 0.2) is 48.5 Å². The van der Waals surface area contributed by atoms with Gasteiger partial charge in [0, 0.05) is 24.5 Å². The summed E-state index contributed by atoms with van der Waals surface area (Å²) in [6, 6.07) is 15.8. The first-order valence-electron chi connectivity index (χ1n) is 9.08. The van der Waals surface area contributed by atoms with Crippen LogP contribution in [0.2, 0.25) is 0 Å². The average Bonchev–Trinajstić information content (AvgIpc) is 2.67. The molecule has 0 amide bonds. The quantitative estimate of drug-likeness (QED) is 0.502. The molecule has 0 aromatic heterocycles. The molecule has 2 rings (SSSR count). The molecule has 0 aliphatic heterocycles. The fourth-order valence-electron chi connectivity index (χ4n) is 2.36. The smallest absolute Gasteiger partial charge is 0.170 e. The Labute approximate surface area is 178 Å². The SMILES string of the molecule is COc1ccc(NC(=S)NCC(C)(C)CNC(=S)Nc2ccc(C)cc2)cc1. The van der Waals surface area contributed by atoms with Gasteiger partial charge in [-0.15, -0.1) is 0 Å². The van der Waals surface area contributed by atoms with E-state index in [2.05, 4.69) is 54.2 Å². The molecule has 4 N–H and O–H groups in total. The summed E-state index contributed by atoms with van der Waals surface area (Å²) >= 11 is 10.8. The number of hydrogen-bond donors (Lipinski definition) is 4. The van der Waals surface area contributed by atoms with Crippen LogP contribution < -0.4 is 26.0 Å². The zero-order valence-corrected chi connectivity index (χ0v) is 18.4. The van der Waals surface area contributed by atoms with Gasteiger partial charge >= 0.3 is 0 Å². The molecule has 0 aliphatic carbocycles. The molecule has 150 valence electrons. The number of nitrogens with one attached hydrogen (secondary N) is 4. The highest BCUT2D eigenvalue weighted by molar-refractivity contribution is 7.80. The van der Waals surface area contributed by atoms with E-state index >= 15 is 0 Å². The van der Waals surface area contributed by atoms with Crippen LogP contribution in [0.25, 0.3) is 0 Å². The van der Waals surface area contributed by atoms with Gasteiger partial charge in [-0.1, -0.05) is 31.5 Å². The van der Waals surface area contributed by atoms with E-state index in [4.69, 9.17) is 29.2 Å². The number of methoxy groups -OCH3 is 1. The predicted molar refractivity (Wildman–Crippen MR) is 126 cm³/mol. The maximum Gasteiger partial charge on any atom is 0.170 e. The van der Waals surface area contributed by atoms with Gasteiger partial charge in [0.05, 0.1) is 7.11 Å². The molecule has 0 aliphatic rings. The number of aryl methyl sites for hydroxylation is 1. The van der Waals surface area contributed by atoms with Crippen molar-refractivity contribution < 1.29 is 4.74 Å². The van der Waals surface area contributed by atoms with Crippen molar-refractivity contribution in [3.8, 4) is 5.75 Å². The number of thiocarbonyl (C=S) groups is 2. The second-order valence-electron chi connectivity index (χ2n) is 7.37. The minimum atomic E-state index is -0.0509. The molecule has 7 heteroatoms. The Morgan fingerprint density at radius 1 is 0.821 bits per heavy atom. The van der Waals surface area contributed by atoms with E-state index in [-0.39, 0.29) is 5.41 Å². The minimum Gasteiger partial charge on any atom is -0.497 e. The Balaban J connectivity index is 1.73. The number of hydrogen-bond acceptors (Lipinski definition) is 3. The van der Waals surface area contributed by atoms with Crippen molar-refractivity contribution in [2.45, 2.75) is 20.8 Å². The molecule has 0 unspecified atom stereocenters. The molecule has 28 heavy (non-hydrogen) atoms. The van der Waals surface area contributed by atoms with Gasteiger partial charge < -0.3 is 26.0 Å². The Kier molecular flexibility index (Phi) is 8.02. The van der Waals surface area contributed by atoms with E-state index in [1.165, 1.54) is 5.56 Å². The highest BCUT2D eigenvalue weighted by Gasteiger charge is 2.18. The summed E-state index contributed by atoms with van der Waals surface area (Å²) in [6.07, 6.45) is 0. The number of rotatable bonds is 7. The van der Waals surface area contributed by atoms with Gasteiger partial charge in [-0.05, 0) is 73.2 Å². The molecular formula is C21H28N4OS2. The highest BCUT2D eigenvalue weighted by Crippen LogP contribution is 2.16. The molecule has 0 atom stereocenters. The van der Waals surface area contributed by atoms with Gasteiger partial charge in [0.1, 0.15) is 5.75 Å². The molecule has 0 spiro atoms. The molecule has 0 radical (unpaired) electrons. The summed E-state index contributed by atoms with van der Waals surface area (Å²) in [5.41, 5.74) is 3.06. The number of benzene rings is 2. The number of anilines is 2. The Bertz CT molecular complexity index is 789. The van der Waals surface area contributed by atoms with Crippen LogP contribution in [0.3, 0.4) is 0 Å². The molecule has 2 aromatic carbocycles. The topological polar surface area (TPSA) is 57.4 Å². The minimum absolute atomic E-state index is 0.0509. The van der Waals surface area contributed by atoms with Crippen molar-refractivity contribution in [1.82, 2.24) is 10.6 Å². The first-order chi connectivity index (χ1) is 13.3. The van der Waals surface area contributed by atoms with Crippen molar-refractivity contribution in [2.75, 3.05) is 30.8 Å². The van der Waals surface area contributed by atoms with Crippen molar-refractivity contribution in [3.63, 3.8) is 0 Å². The van der Waals surface area contributed by atoms with Crippen LogP contribution in [0.5, 0.6) is 5.75 Å². The van der Waals surface area contributed by atoms with E-state index in [1.54, 1.807) is 7.11 Å². The Morgan fingerprint density at radius 3 is 1.68 bits per heavy atom. The van der Waals surface area contributed by atoms with Gasteiger partial charge in [-0.25, -0.2) is 0 Å². The van der Waals surface area contributed by atoms with E-state index in [1.807, 2.05) is 36.4 Å². The van der Waals surface area contributed by atoms with E-state index in [0.29, 0.717) is 23.3 Å². The van der Waals surface area contributed by atoms with E-state index in [0.717, 1.165) is 17.1 Å². The number of ether oxygens (including phenoxy) is 1. The molecule has 0 bridgehead atoms. The van der Waals surface area contributed by atoms with Gasteiger partial charge in [0.25, 0.3) is 0 Å². The van der Waals surface area contributed by atoms with Crippen LogP contribution in [0.4, 0.5) is 11.4 Å². The predicted octanol–water partition coefficient (Wildman–Crippen LogP) is 4.30. The van der Waals surface area contributed by atoms with Gasteiger partial charge in [-0.2, -0.15) is 0 Å². The maximum atomic E-state index is 5.39. The summed E-state index contributed by atoms with van der Waals surface area (Å²) < 4.78 is 5.16. The molecule has 5 nitrogen and oxygen atoms in total. The largest absolute Gasteiger partial charge is 0.497 e. The average molecular weight is 417 g/mol. The fraction of sp³-hybridized carbons (Fsp3) is 0.333. The van der Waals surface area contributed by atoms with Crippen molar-refractivity contribution in [2.24, 2.45) is 5.41 Å². The van der Waals surface area contributed by atoms with E-state index < -0.39 is 0 Å². The standard InChI is InChI=1S/C21H28N4OS2/c1-15-5-7-16(8-6-15)24-19(27)22-13-21(2,3)14-23-20(28)25-17-9-11-18(26-4)12-10-17/h5-12H,13-14H2,1-4H3,(H2,22,24,27)(H2,23,25,28). The second kappa shape index (κ2) is 10.2. The van der Waals surface area contributed by atoms with Crippen molar-refractivity contribution in [3.05, 3.63) is 54.1 Å². The molecule has 0 heterocycles. The van der Waals surface area contributed by atoms with Crippen LogP contribution >= 0.6 is 24.4 Å². The summed E-state index contributed by atoms with van der Waals surface area (Å²) in [5.74, 6) is 0.812. The lowest BCUT2D eigenvalue weighted by Crippen LogP contribution is -2.44. The lowest BCUT2D eigenvalue weighted by Gasteiger charge is -2.27. The van der Waals surface area contributed by atoms with Gasteiger partial charge in [0.2, 0.25) is 0 Å². The van der Waals surface area contributed by atoms with E-state index in [9.17, 15) is 0 Å². The molecule has 0 saturated heterocycles. The third-order valence-electron chi connectivity index (χ3n) is 4.11. The molecule has 0 saturated carbocycles. The van der Waals surface area contributed by atoms with Gasteiger partial charge in [0.15, 0.2) is 10.2 Å². The normalized spacial score (nSPS) is 10.7. The third kappa shape index (κ3) is 7.70. The molecule has 2 aromatic rings. The highest BCUT2D eigenvalue weighted by atomic mass is 32.1. The lowest BCUT2D eigenvalue weighted by molar-refractivity contribution is 0.362. The van der Waals surface area contributed by atoms with Crippen LogP contribution in [0.1, 0.15) is 19.4 Å². The third-order valence-corrected chi connectivity index (χ3v) is 4.61. The first-order valence-corrected chi connectivity index (χ1v) is 9.89. The van der Waals surface area contributed by atoms with Crippen LogP contribution in [-0.2, 0) is 0 Å². The van der Waals surface area contributed by atoms with Crippen LogP contribution in [-0.4, -0.2) is 30.4 Å². The zero-order chi connectivity index (χ0) is 20.6. The monoisotopic (exact) mass is 416 g/mol. The summed E-state index contributed by atoms with van der Waals surface area (Å²) in [4.78, 5) is 0. The second-order valence-corrected chi connectivity index (χ2v) is 8.19. The molecule has 0 fully saturated rings. The van der Waals surface area contributed by atoms with Crippen molar-refractivity contribution >= 4 is 46.0 Å². The fourth-order valence-corrected chi connectivity index (χ4v) is 2.74. The summed E-state index contributed by atoms with van der Waals surface area (Å²) in [7, 11) is 1.65. The zero-order valence-electron chi connectivity index (χ0n) is 16.8. The lowest BCUT2D eigenvalue weighted by atomic mass is 9.93. The van der Waals surface area contributed by atoms with Crippen molar-refractivity contribution in [1.29, 1.82) is 0 Å². The molecular weight excluding hydrogens is 388 g/mol. The summed E-state index contributed by atoms with van der Waals surface area (Å²) in [5, 5.41) is 14.1. The Morgan fingerprint density at radius 2 is 1.25 bits per heavy atom. The maximum absolute atomic E-state index is 5.39. The van der Waals surface area contributed by atoms with Gasteiger partial charge in [-0.3, -0.25) is 0 Å². The summed E-state index contributed by atoms with van der Waals surface area (Å²) in [6.45, 7) is 7.77. The van der Waals surface area contributed by atoms with Crippen LogP contribution in [0, 0.1) is 12.3 Å².